The van der Waals surface area contributed by atoms with Crippen LogP contribution in [-0.2, 0) is 12.8 Å². The van der Waals surface area contributed by atoms with Gasteiger partial charge in [0.05, 0.1) is 30.2 Å². The second-order valence-corrected chi connectivity index (χ2v) is 8.55. The molecule has 34 heavy (non-hydrogen) atoms. The van der Waals surface area contributed by atoms with Gasteiger partial charge in [-0.15, -0.1) is 0 Å². The largest absolute Gasteiger partial charge is 0.491 e. The number of carbonyl (C=O) groups excluding carboxylic acids is 1. The van der Waals surface area contributed by atoms with Gasteiger partial charge < -0.3 is 20.7 Å². The van der Waals surface area contributed by atoms with Gasteiger partial charge in [-0.25, -0.2) is 4.98 Å². The van der Waals surface area contributed by atoms with E-state index in [4.69, 9.17) is 9.72 Å². The number of nitrogens with one attached hydrogen (secondary N) is 3. The van der Waals surface area contributed by atoms with Crippen molar-refractivity contribution in [3.8, 4) is 5.75 Å². The number of hydrogen-bond donors (Lipinski definition) is 3. The Kier molecular flexibility index (Phi) is 5.01. The average Bonchev–Trinajstić information content (AvgIpc) is 3.48. The number of fused-ring (bicyclic) bond motifs is 3. The number of aromatic nitrogens is 4. The highest BCUT2D eigenvalue weighted by atomic mass is 16.5. The molecule has 9 nitrogen and oxygen atoms in total. The van der Waals surface area contributed by atoms with Gasteiger partial charge >= 0.3 is 0 Å². The van der Waals surface area contributed by atoms with Gasteiger partial charge in [-0.05, 0) is 48.9 Å². The summed E-state index contributed by atoms with van der Waals surface area (Å²) in [6.07, 6.45) is 7.07. The summed E-state index contributed by atoms with van der Waals surface area (Å²) < 4.78 is 7.56. The van der Waals surface area contributed by atoms with Crippen LogP contribution in [0, 0.1) is 0 Å². The van der Waals surface area contributed by atoms with Crippen LogP contribution in [0.15, 0.2) is 48.8 Å². The van der Waals surface area contributed by atoms with Crippen LogP contribution in [0.2, 0.25) is 0 Å². The molecule has 2 aliphatic rings. The van der Waals surface area contributed by atoms with Crippen molar-refractivity contribution in [2.45, 2.75) is 31.7 Å². The number of nitrogens with zero attached hydrogens (tertiary/aromatic N) is 4. The number of ether oxygens (including phenoxy) is 1. The van der Waals surface area contributed by atoms with Crippen LogP contribution in [0.3, 0.4) is 0 Å². The molecule has 1 atom stereocenters. The van der Waals surface area contributed by atoms with Gasteiger partial charge in [0, 0.05) is 19.3 Å². The summed E-state index contributed by atoms with van der Waals surface area (Å²) in [4.78, 5) is 22.5. The molecule has 0 fully saturated rings. The monoisotopic (exact) mass is 455 g/mol. The van der Waals surface area contributed by atoms with Gasteiger partial charge in [0.2, 0.25) is 0 Å². The normalized spacial score (nSPS) is 16.4. The van der Waals surface area contributed by atoms with Crippen molar-refractivity contribution in [1.29, 1.82) is 0 Å². The first-order chi connectivity index (χ1) is 16.7. The molecule has 1 aromatic carbocycles. The number of hydrogen-bond acceptors (Lipinski definition) is 7. The molecule has 1 aliphatic heterocycles. The van der Waals surface area contributed by atoms with E-state index in [-0.39, 0.29) is 11.9 Å². The highest BCUT2D eigenvalue weighted by Crippen LogP contribution is 2.35. The third kappa shape index (κ3) is 3.49. The van der Waals surface area contributed by atoms with Crippen LogP contribution in [0.1, 0.15) is 46.1 Å². The van der Waals surface area contributed by atoms with Gasteiger partial charge in [0.25, 0.3) is 5.91 Å². The molecule has 0 bridgehead atoms. The van der Waals surface area contributed by atoms with Crippen molar-refractivity contribution in [3.05, 3.63) is 71.2 Å². The molecule has 0 saturated carbocycles. The zero-order chi connectivity index (χ0) is 23.1. The molecule has 3 aromatic heterocycles. The zero-order valence-electron chi connectivity index (χ0n) is 18.8. The molecule has 6 rings (SSSR count). The predicted octanol–water partition coefficient (Wildman–Crippen LogP) is 3.65. The Balaban J connectivity index is 1.33. The van der Waals surface area contributed by atoms with Crippen molar-refractivity contribution >= 4 is 28.9 Å². The smallest absolute Gasteiger partial charge is 0.257 e. The maximum atomic E-state index is 13.3. The maximum Gasteiger partial charge on any atom is 0.257 e. The molecule has 0 saturated heterocycles. The molecule has 3 N–H and O–H groups in total. The van der Waals surface area contributed by atoms with Crippen molar-refractivity contribution in [1.82, 2.24) is 24.9 Å². The lowest BCUT2D eigenvalue weighted by Crippen LogP contribution is -2.27. The van der Waals surface area contributed by atoms with E-state index in [1.54, 1.807) is 16.9 Å². The molecular weight excluding hydrogens is 430 g/mol. The van der Waals surface area contributed by atoms with Crippen molar-refractivity contribution in [2.24, 2.45) is 0 Å². The summed E-state index contributed by atoms with van der Waals surface area (Å²) in [6, 6.07) is 11.8. The van der Waals surface area contributed by atoms with Crippen molar-refractivity contribution in [3.63, 3.8) is 0 Å². The topological polar surface area (TPSA) is 105 Å². The Morgan fingerprint density at radius 3 is 3.00 bits per heavy atom. The summed E-state index contributed by atoms with van der Waals surface area (Å²) in [5.41, 5.74) is 5.04. The van der Waals surface area contributed by atoms with E-state index in [1.165, 1.54) is 11.1 Å². The van der Waals surface area contributed by atoms with Gasteiger partial charge in [0.15, 0.2) is 5.65 Å². The van der Waals surface area contributed by atoms with E-state index < -0.39 is 0 Å². The van der Waals surface area contributed by atoms with E-state index in [9.17, 15) is 4.79 Å². The van der Waals surface area contributed by atoms with E-state index in [0.29, 0.717) is 29.5 Å². The molecule has 172 valence electrons. The lowest BCUT2D eigenvalue weighted by molar-refractivity contribution is 0.0937. The van der Waals surface area contributed by atoms with E-state index in [0.717, 1.165) is 42.8 Å². The number of pyridine rings is 1. The van der Waals surface area contributed by atoms with Crippen LogP contribution in [-0.4, -0.2) is 39.1 Å². The fraction of sp³-hybridized carbons (Fsp3) is 0.280. The van der Waals surface area contributed by atoms with Gasteiger partial charge in [-0.1, -0.05) is 18.2 Å². The SMILES string of the molecule is CNc1cc(Nc2cccc3c2OCCC3)nc2c(C(=O)NC3CCc4cccnc43)cnn12. The molecule has 4 aromatic rings. The van der Waals surface area contributed by atoms with Gasteiger partial charge in [-0.3, -0.25) is 9.78 Å². The van der Waals surface area contributed by atoms with E-state index in [1.807, 2.05) is 31.3 Å². The number of amides is 1. The molecule has 4 heterocycles. The zero-order valence-corrected chi connectivity index (χ0v) is 18.8. The first-order valence-corrected chi connectivity index (χ1v) is 11.5. The Hall–Kier alpha value is -4.14. The lowest BCUT2D eigenvalue weighted by atomic mass is 10.1. The van der Waals surface area contributed by atoms with Crippen LogP contribution >= 0.6 is 0 Å². The number of carbonyl (C=O) groups is 1. The summed E-state index contributed by atoms with van der Waals surface area (Å²) >= 11 is 0. The molecule has 0 spiro atoms. The fourth-order valence-corrected chi connectivity index (χ4v) is 4.78. The first-order valence-electron chi connectivity index (χ1n) is 11.5. The number of aryl methyl sites for hydroxylation is 2. The average molecular weight is 456 g/mol. The Bertz CT molecular complexity index is 1400. The van der Waals surface area contributed by atoms with Gasteiger partial charge in [-0.2, -0.15) is 9.61 Å². The van der Waals surface area contributed by atoms with Gasteiger partial charge in [0.1, 0.15) is 22.9 Å². The third-order valence-corrected chi connectivity index (χ3v) is 6.43. The molecule has 1 amide bonds. The van der Waals surface area contributed by atoms with Crippen molar-refractivity contribution in [2.75, 3.05) is 24.3 Å². The predicted molar refractivity (Wildman–Crippen MR) is 129 cm³/mol. The molecule has 1 unspecified atom stereocenters. The molecular formula is C25H25N7O2. The van der Waals surface area contributed by atoms with E-state index in [2.05, 4.69) is 38.2 Å². The molecule has 1 aliphatic carbocycles. The highest BCUT2D eigenvalue weighted by Gasteiger charge is 2.27. The summed E-state index contributed by atoms with van der Waals surface area (Å²) in [6.45, 7) is 0.700. The Morgan fingerprint density at radius 2 is 2.09 bits per heavy atom. The van der Waals surface area contributed by atoms with Crippen LogP contribution < -0.4 is 20.7 Å². The fourth-order valence-electron chi connectivity index (χ4n) is 4.78. The van der Waals surface area contributed by atoms with Crippen molar-refractivity contribution < 1.29 is 9.53 Å². The lowest BCUT2D eigenvalue weighted by Gasteiger charge is -2.21. The summed E-state index contributed by atoms with van der Waals surface area (Å²) in [7, 11) is 1.81. The highest BCUT2D eigenvalue weighted by molar-refractivity contribution is 6.00. The van der Waals surface area contributed by atoms with Crippen LogP contribution in [0.25, 0.3) is 5.65 Å². The number of rotatable bonds is 5. The second-order valence-electron chi connectivity index (χ2n) is 8.55. The minimum absolute atomic E-state index is 0.114. The standard InChI is InChI=1S/C25H25N7O2/c1-26-21-13-20(29-19-8-2-5-16-7-4-12-34-23(16)19)31-24-17(14-28-32(21)24)25(33)30-18-10-9-15-6-3-11-27-22(15)18/h2-3,5-6,8,11,13-14,18,26H,4,7,9-10,12H2,1H3,(H,29,31)(H,30,33). The molecule has 0 radical (unpaired) electrons. The third-order valence-electron chi connectivity index (χ3n) is 6.43. The first kappa shape index (κ1) is 20.5. The second kappa shape index (κ2) is 8.33. The number of benzene rings is 1. The quantitative estimate of drug-likeness (QED) is 0.422. The Morgan fingerprint density at radius 1 is 1.18 bits per heavy atom. The molecule has 9 heteroatoms. The minimum Gasteiger partial charge on any atom is -0.491 e. The Labute approximate surface area is 196 Å². The van der Waals surface area contributed by atoms with E-state index >= 15 is 0 Å². The summed E-state index contributed by atoms with van der Waals surface area (Å²) in [5.74, 6) is 1.96. The maximum absolute atomic E-state index is 13.3. The summed E-state index contributed by atoms with van der Waals surface area (Å²) in [5, 5.41) is 14.1. The minimum atomic E-state index is -0.217. The number of anilines is 3. The van der Waals surface area contributed by atoms with Crippen LogP contribution in [0.5, 0.6) is 5.75 Å². The van der Waals surface area contributed by atoms with Crippen LogP contribution in [0.4, 0.5) is 17.3 Å². The number of para-hydroxylation sites is 1.